The second-order valence-electron chi connectivity index (χ2n) is 6.69. The lowest BCUT2D eigenvalue weighted by Gasteiger charge is -2.18. The SMILES string of the molecule is COc1ccc(-n2ccc(C(=O)Nc3nc(-c4ccc5c(c4)OCCO5)cs3)n2)cc1. The maximum atomic E-state index is 12.6. The van der Waals surface area contributed by atoms with Crippen molar-refractivity contribution in [2.24, 2.45) is 0 Å². The molecule has 1 amide bonds. The minimum absolute atomic E-state index is 0.298. The van der Waals surface area contributed by atoms with Crippen LogP contribution >= 0.6 is 11.3 Å². The van der Waals surface area contributed by atoms with E-state index < -0.39 is 0 Å². The molecule has 0 unspecified atom stereocenters. The Morgan fingerprint density at radius 3 is 2.71 bits per heavy atom. The van der Waals surface area contributed by atoms with Gasteiger partial charge in [0.25, 0.3) is 5.91 Å². The van der Waals surface area contributed by atoms with Gasteiger partial charge in [-0.05, 0) is 48.5 Å². The quantitative estimate of drug-likeness (QED) is 0.510. The van der Waals surface area contributed by atoms with Gasteiger partial charge in [0, 0.05) is 17.1 Å². The van der Waals surface area contributed by atoms with E-state index in [0.29, 0.717) is 29.8 Å². The smallest absolute Gasteiger partial charge is 0.277 e. The first-order chi connectivity index (χ1) is 15.2. The van der Waals surface area contributed by atoms with Crippen molar-refractivity contribution in [3.05, 3.63) is 65.8 Å². The summed E-state index contributed by atoms with van der Waals surface area (Å²) in [6.45, 7) is 1.07. The summed E-state index contributed by atoms with van der Waals surface area (Å²) in [7, 11) is 1.61. The fraction of sp³-hybridized carbons (Fsp3) is 0.136. The number of hydrogen-bond donors (Lipinski definition) is 1. The number of carbonyl (C=O) groups is 1. The lowest BCUT2D eigenvalue weighted by atomic mass is 10.1. The van der Waals surface area contributed by atoms with Gasteiger partial charge in [0.05, 0.1) is 18.5 Å². The number of methoxy groups -OCH3 is 1. The van der Waals surface area contributed by atoms with E-state index in [0.717, 1.165) is 28.4 Å². The van der Waals surface area contributed by atoms with Crippen molar-refractivity contribution < 1.29 is 19.0 Å². The second-order valence-corrected chi connectivity index (χ2v) is 7.55. The molecule has 0 aliphatic carbocycles. The summed E-state index contributed by atoms with van der Waals surface area (Å²) < 4.78 is 18.0. The molecule has 0 fully saturated rings. The number of benzene rings is 2. The molecule has 31 heavy (non-hydrogen) atoms. The van der Waals surface area contributed by atoms with E-state index in [2.05, 4.69) is 15.4 Å². The molecule has 156 valence electrons. The third kappa shape index (κ3) is 3.95. The van der Waals surface area contributed by atoms with Crippen LogP contribution in [-0.2, 0) is 0 Å². The van der Waals surface area contributed by atoms with E-state index >= 15 is 0 Å². The number of aromatic nitrogens is 3. The minimum Gasteiger partial charge on any atom is -0.497 e. The number of nitrogens with zero attached hydrogens (tertiary/aromatic N) is 3. The molecular formula is C22H18N4O4S. The standard InChI is InChI=1S/C22H18N4O4S/c1-28-16-5-3-15(4-6-16)26-9-8-17(25-26)21(27)24-22-23-18(13-31-22)14-2-7-19-20(12-14)30-11-10-29-19/h2-9,12-13H,10-11H2,1H3,(H,23,24,27). The van der Waals surface area contributed by atoms with Gasteiger partial charge >= 0.3 is 0 Å². The van der Waals surface area contributed by atoms with Gasteiger partial charge in [-0.2, -0.15) is 5.10 Å². The van der Waals surface area contributed by atoms with Crippen molar-refractivity contribution in [3.63, 3.8) is 0 Å². The Kier molecular flexibility index (Phi) is 5.01. The van der Waals surface area contributed by atoms with Crippen LogP contribution in [0.3, 0.4) is 0 Å². The number of rotatable bonds is 5. The third-order valence-electron chi connectivity index (χ3n) is 4.72. The largest absolute Gasteiger partial charge is 0.497 e. The molecule has 0 atom stereocenters. The van der Waals surface area contributed by atoms with Gasteiger partial charge in [-0.25, -0.2) is 9.67 Å². The zero-order chi connectivity index (χ0) is 21.2. The minimum atomic E-state index is -0.324. The number of fused-ring (bicyclic) bond motifs is 1. The van der Waals surface area contributed by atoms with Crippen molar-refractivity contribution in [2.75, 3.05) is 25.6 Å². The lowest BCUT2D eigenvalue weighted by molar-refractivity contribution is 0.102. The number of thiazole rings is 1. The Hall–Kier alpha value is -3.85. The van der Waals surface area contributed by atoms with Gasteiger partial charge in [0.15, 0.2) is 22.3 Å². The van der Waals surface area contributed by atoms with Crippen LogP contribution in [0.1, 0.15) is 10.5 Å². The molecule has 0 bridgehead atoms. The number of nitrogens with one attached hydrogen (secondary N) is 1. The first kappa shape index (κ1) is 19.1. The van der Waals surface area contributed by atoms with E-state index in [1.165, 1.54) is 11.3 Å². The molecule has 2 aromatic carbocycles. The molecule has 0 radical (unpaired) electrons. The van der Waals surface area contributed by atoms with Crippen molar-refractivity contribution in [3.8, 4) is 34.2 Å². The number of amides is 1. The van der Waals surface area contributed by atoms with E-state index in [1.807, 2.05) is 47.8 Å². The van der Waals surface area contributed by atoms with Crippen LogP contribution in [0.15, 0.2) is 60.1 Å². The van der Waals surface area contributed by atoms with Crippen LogP contribution in [0.2, 0.25) is 0 Å². The monoisotopic (exact) mass is 434 g/mol. The van der Waals surface area contributed by atoms with Crippen molar-refractivity contribution in [2.45, 2.75) is 0 Å². The van der Waals surface area contributed by atoms with Crippen LogP contribution in [0.25, 0.3) is 16.9 Å². The normalized spacial score (nSPS) is 12.4. The van der Waals surface area contributed by atoms with E-state index in [-0.39, 0.29) is 5.91 Å². The highest BCUT2D eigenvalue weighted by molar-refractivity contribution is 7.14. The van der Waals surface area contributed by atoms with Crippen LogP contribution in [0, 0.1) is 0 Å². The molecule has 4 aromatic rings. The summed E-state index contributed by atoms with van der Waals surface area (Å²) in [6.07, 6.45) is 1.74. The van der Waals surface area contributed by atoms with E-state index in [9.17, 15) is 4.79 Å². The van der Waals surface area contributed by atoms with Crippen LogP contribution in [-0.4, -0.2) is 41.0 Å². The van der Waals surface area contributed by atoms with E-state index in [1.54, 1.807) is 24.1 Å². The predicted octanol–water partition coefficient (Wildman–Crippen LogP) is 4.03. The van der Waals surface area contributed by atoms with Gasteiger partial charge in [0.1, 0.15) is 19.0 Å². The maximum Gasteiger partial charge on any atom is 0.277 e. The highest BCUT2D eigenvalue weighted by Crippen LogP contribution is 2.35. The highest BCUT2D eigenvalue weighted by atomic mass is 32.1. The third-order valence-corrected chi connectivity index (χ3v) is 5.48. The molecule has 1 N–H and O–H groups in total. The molecule has 8 nitrogen and oxygen atoms in total. The molecule has 0 spiro atoms. The summed E-state index contributed by atoms with van der Waals surface area (Å²) in [6, 6.07) is 14.8. The molecule has 1 aliphatic heterocycles. The highest BCUT2D eigenvalue weighted by Gasteiger charge is 2.16. The van der Waals surface area contributed by atoms with Crippen LogP contribution < -0.4 is 19.5 Å². The van der Waals surface area contributed by atoms with Gasteiger partial charge in [-0.3, -0.25) is 10.1 Å². The maximum absolute atomic E-state index is 12.6. The Morgan fingerprint density at radius 2 is 1.90 bits per heavy atom. The van der Waals surface area contributed by atoms with Gasteiger partial charge in [-0.1, -0.05) is 0 Å². The molecule has 9 heteroatoms. The lowest BCUT2D eigenvalue weighted by Crippen LogP contribution is -2.15. The van der Waals surface area contributed by atoms with Gasteiger partial charge < -0.3 is 14.2 Å². The Bertz CT molecular complexity index is 1230. The zero-order valence-electron chi connectivity index (χ0n) is 16.6. The molecule has 5 rings (SSSR count). The molecule has 0 saturated carbocycles. The van der Waals surface area contributed by atoms with Gasteiger partial charge in [0.2, 0.25) is 0 Å². The topological polar surface area (TPSA) is 87.5 Å². The number of carbonyl (C=O) groups excluding carboxylic acids is 1. The van der Waals surface area contributed by atoms with E-state index in [4.69, 9.17) is 14.2 Å². The van der Waals surface area contributed by atoms with Crippen molar-refractivity contribution in [1.29, 1.82) is 0 Å². The average Bonchev–Trinajstić information content (AvgIpc) is 3.49. The molecule has 3 heterocycles. The number of ether oxygens (including phenoxy) is 3. The Morgan fingerprint density at radius 1 is 1.10 bits per heavy atom. The molecule has 2 aromatic heterocycles. The fourth-order valence-electron chi connectivity index (χ4n) is 3.15. The molecule has 1 aliphatic rings. The average molecular weight is 434 g/mol. The van der Waals surface area contributed by atoms with Crippen molar-refractivity contribution in [1.82, 2.24) is 14.8 Å². The summed E-state index contributed by atoms with van der Waals surface area (Å²) in [5, 5.41) is 9.55. The Labute approximate surface area is 182 Å². The Balaban J connectivity index is 1.29. The van der Waals surface area contributed by atoms with Gasteiger partial charge in [-0.15, -0.1) is 11.3 Å². The van der Waals surface area contributed by atoms with Crippen molar-refractivity contribution >= 4 is 22.4 Å². The summed E-state index contributed by atoms with van der Waals surface area (Å²) in [5.74, 6) is 1.86. The molecular weight excluding hydrogens is 416 g/mol. The first-order valence-corrected chi connectivity index (χ1v) is 10.4. The number of anilines is 1. The second kappa shape index (κ2) is 8.11. The number of hydrogen-bond acceptors (Lipinski definition) is 7. The zero-order valence-corrected chi connectivity index (χ0v) is 17.4. The van der Waals surface area contributed by atoms with Crippen LogP contribution in [0.4, 0.5) is 5.13 Å². The summed E-state index contributed by atoms with van der Waals surface area (Å²) in [5.41, 5.74) is 2.77. The summed E-state index contributed by atoms with van der Waals surface area (Å²) >= 11 is 1.35. The predicted molar refractivity (Wildman–Crippen MR) is 117 cm³/mol. The first-order valence-electron chi connectivity index (χ1n) is 9.56. The summed E-state index contributed by atoms with van der Waals surface area (Å²) in [4.78, 5) is 17.1. The molecule has 0 saturated heterocycles. The fourth-order valence-corrected chi connectivity index (χ4v) is 3.87. The van der Waals surface area contributed by atoms with Crippen LogP contribution in [0.5, 0.6) is 17.2 Å².